The summed E-state index contributed by atoms with van der Waals surface area (Å²) in [5.41, 5.74) is 1.04. The van der Waals surface area contributed by atoms with Crippen LogP contribution < -0.4 is 10.7 Å². The van der Waals surface area contributed by atoms with Crippen molar-refractivity contribution in [1.29, 1.82) is 0 Å². The number of nitrogens with one attached hydrogen (secondary N) is 2. The summed E-state index contributed by atoms with van der Waals surface area (Å²) in [6, 6.07) is 7.49. The Kier molecular flexibility index (Phi) is 7.11. The van der Waals surface area contributed by atoms with E-state index in [1.165, 1.54) is 19.1 Å². The van der Waals surface area contributed by atoms with Gasteiger partial charge in [-0.15, -0.1) is 0 Å². The Morgan fingerprint density at radius 1 is 1.20 bits per heavy atom. The highest BCUT2D eigenvalue weighted by Crippen LogP contribution is 2.30. The van der Waals surface area contributed by atoms with Crippen LogP contribution in [-0.4, -0.2) is 22.4 Å². The Morgan fingerprint density at radius 2 is 1.90 bits per heavy atom. The third-order valence-electron chi connectivity index (χ3n) is 3.64. The predicted octanol–water partition coefficient (Wildman–Crippen LogP) is 4.40. The second-order valence-corrected chi connectivity index (χ2v) is 6.42. The number of hydrogen-bond acceptors (Lipinski definition) is 5. The molecular formula is C18H14ClF3N4O4. The molecule has 0 radical (unpaired) electrons. The van der Waals surface area contributed by atoms with Crippen molar-refractivity contribution in [2.45, 2.75) is 19.5 Å². The third-order valence-corrected chi connectivity index (χ3v) is 3.95. The van der Waals surface area contributed by atoms with Gasteiger partial charge in [-0.25, -0.2) is 5.43 Å². The third kappa shape index (κ3) is 6.27. The van der Waals surface area contributed by atoms with Crippen LogP contribution in [0.5, 0.6) is 0 Å². The van der Waals surface area contributed by atoms with Gasteiger partial charge >= 0.3 is 6.18 Å². The number of hydrogen-bond donors (Lipinski definition) is 2. The first-order valence-corrected chi connectivity index (χ1v) is 8.59. The maximum atomic E-state index is 12.7. The van der Waals surface area contributed by atoms with Gasteiger partial charge in [0.15, 0.2) is 0 Å². The molecule has 0 atom stereocenters. The molecule has 0 aliphatic carbocycles. The number of benzene rings is 2. The van der Waals surface area contributed by atoms with Gasteiger partial charge in [-0.3, -0.25) is 19.7 Å². The zero-order chi connectivity index (χ0) is 22.5. The van der Waals surface area contributed by atoms with Crippen LogP contribution in [0.2, 0.25) is 5.02 Å². The van der Waals surface area contributed by atoms with Crippen molar-refractivity contribution in [3.8, 4) is 0 Å². The molecule has 2 aromatic rings. The summed E-state index contributed by atoms with van der Waals surface area (Å²) >= 11 is 5.74. The molecule has 2 aromatic carbocycles. The van der Waals surface area contributed by atoms with Crippen LogP contribution in [0.15, 0.2) is 47.6 Å². The number of anilines is 1. The minimum Gasteiger partial charge on any atom is -0.326 e. The first-order valence-electron chi connectivity index (χ1n) is 8.22. The van der Waals surface area contributed by atoms with Crippen molar-refractivity contribution >= 4 is 40.5 Å². The van der Waals surface area contributed by atoms with Gasteiger partial charge in [-0.2, -0.15) is 18.3 Å². The number of hydrazone groups is 1. The first kappa shape index (κ1) is 22.8. The molecule has 0 spiro atoms. The monoisotopic (exact) mass is 442 g/mol. The smallest absolute Gasteiger partial charge is 0.326 e. The van der Waals surface area contributed by atoms with Crippen LogP contribution in [0.4, 0.5) is 24.5 Å². The van der Waals surface area contributed by atoms with Crippen molar-refractivity contribution in [3.63, 3.8) is 0 Å². The molecule has 2 N–H and O–H groups in total. The summed E-state index contributed by atoms with van der Waals surface area (Å²) in [5, 5.41) is 16.5. The second-order valence-electron chi connectivity index (χ2n) is 6.01. The molecule has 30 heavy (non-hydrogen) atoms. The lowest BCUT2D eigenvalue weighted by Crippen LogP contribution is -2.21. The number of carbonyl (C=O) groups excluding carboxylic acids is 2. The van der Waals surface area contributed by atoms with Gasteiger partial charge in [0, 0.05) is 23.0 Å². The molecule has 2 amide bonds. The van der Waals surface area contributed by atoms with Crippen molar-refractivity contribution in [2.24, 2.45) is 5.10 Å². The van der Waals surface area contributed by atoms with Gasteiger partial charge < -0.3 is 5.32 Å². The number of nitro groups is 1. The van der Waals surface area contributed by atoms with E-state index in [0.29, 0.717) is 0 Å². The van der Waals surface area contributed by atoms with E-state index in [-0.39, 0.29) is 34.1 Å². The number of rotatable bonds is 6. The van der Waals surface area contributed by atoms with E-state index in [0.717, 1.165) is 30.3 Å². The summed E-state index contributed by atoms with van der Waals surface area (Å²) in [7, 11) is 0. The summed E-state index contributed by atoms with van der Waals surface area (Å²) < 4.78 is 38.1. The van der Waals surface area contributed by atoms with Crippen LogP contribution in [-0.2, 0) is 11.0 Å². The lowest BCUT2D eigenvalue weighted by atomic mass is 10.2. The number of alkyl halides is 3. The van der Waals surface area contributed by atoms with Gasteiger partial charge in [-0.1, -0.05) is 17.7 Å². The van der Waals surface area contributed by atoms with Gasteiger partial charge in [0.2, 0.25) is 5.91 Å². The van der Waals surface area contributed by atoms with E-state index in [4.69, 9.17) is 11.6 Å². The quantitative estimate of drug-likeness (QED) is 0.392. The zero-order valence-corrected chi connectivity index (χ0v) is 16.0. The molecule has 8 nitrogen and oxygen atoms in total. The average molecular weight is 443 g/mol. The molecule has 0 aliphatic rings. The molecule has 0 saturated carbocycles. The summed E-state index contributed by atoms with van der Waals surface area (Å²) in [5.74, 6) is -1.35. The standard InChI is InChI=1S/C18H14ClF3N4O4/c1-10(7-16(27)23-13-4-2-3-12(9-13)18(20,21)22)24-25-17(28)11-5-6-15(26(29)30)14(19)8-11/h2-6,8-9H,7H2,1H3,(H,23,27)(H,25,28)/b24-10-. The Labute approximate surface area is 172 Å². The fourth-order valence-corrected chi connectivity index (χ4v) is 2.51. The molecule has 0 aliphatic heterocycles. The topological polar surface area (TPSA) is 114 Å². The van der Waals surface area contributed by atoms with E-state index in [1.807, 2.05) is 0 Å². The van der Waals surface area contributed by atoms with E-state index in [2.05, 4.69) is 15.8 Å². The fraction of sp³-hybridized carbons (Fsp3) is 0.167. The highest BCUT2D eigenvalue weighted by Gasteiger charge is 2.30. The van der Waals surface area contributed by atoms with Crippen LogP contribution in [0, 0.1) is 10.1 Å². The summed E-state index contributed by atoms with van der Waals surface area (Å²) in [4.78, 5) is 34.0. The van der Waals surface area contributed by atoms with Gasteiger partial charge in [0.1, 0.15) is 5.02 Å². The lowest BCUT2D eigenvalue weighted by molar-refractivity contribution is -0.384. The van der Waals surface area contributed by atoms with Crippen LogP contribution >= 0.6 is 11.6 Å². The molecule has 158 valence electrons. The lowest BCUT2D eigenvalue weighted by Gasteiger charge is -2.10. The second kappa shape index (κ2) is 9.35. The van der Waals surface area contributed by atoms with Crippen molar-refractivity contribution in [2.75, 3.05) is 5.32 Å². The summed E-state index contributed by atoms with van der Waals surface area (Å²) in [6.45, 7) is 1.43. The zero-order valence-electron chi connectivity index (χ0n) is 15.3. The van der Waals surface area contributed by atoms with Crippen LogP contribution in [0.1, 0.15) is 29.3 Å². The molecule has 12 heteroatoms. The predicted molar refractivity (Wildman–Crippen MR) is 103 cm³/mol. The Morgan fingerprint density at radius 3 is 2.50 bits per heavy atom. The summed E-state index contributed by atoms with van der Waals surface area (Å²) in [6.07, 6.45) is -4.83. The van der Waals surface area contributed by atoms with Gasteiger partial charge in [0.05, 0.1) is 16.9 Å². The van der Waals surface area contributed by atoms with Gasteiger partial charge in [0.25, 0.3) is 11.6 Å². The highest BCUT2D eigenvalue weighted by atomic mass is 35.5. The molecular weight excluding hydrogens is 429 g/mol. The fourth-order valence-electron chi connectivity index (χ4n) is 2.26. The minimum atomic E-state index is -4.54. The molecule has 0 fully saturated rings. The van der Waals surface area contributed by atoms with E-state index < -0.39 is 28.5 Å². The first-order chi connectivity index (χ1) is 14.0. The van der Waals surface area contributed by atoms with Crippen molar-refractivity contribution in [3.05, 3.63) is 68.7 Å². The maximum Gasteiger partial charge on any atom is 0.416 e. The molecule has 0 aromatic heterocycles. The van der Waals surface area contributed by atoms with Crippen molar-refractivity contribution in [1.82, 2.24) is 5.43 Å². The number of halogens is 4. The Bertz CT molecular complexity index is 1020. The molecule has 2 rings (SSSR count). The Balaban J connectivity index is 1.96. The van der Waals surface area contributed by atoms with Crippen LogP contribution in [0.3, 0.4) is 0 Å². The van der Waals surface area contributed by atoms with E-state index in [9.17, 15) is 32.9 Å². The number of nitrogens with zero attached hydrogens (tertiary/aromatic N) is 2. The number of amides is 2. The maximum absolute atomic E-state index is 12.7. The molecule has 0 bridgehead atoms. The van der Waals surface area contributed by atoms with Gasteiger partial charge in [-0.05, 0) is 37.3 Å². The Hall–Kier alpha value is -3.47. The molecule has 0 unspecified atom stereocenters. The molecule has 0 saturated heterocycles. The van der Waals surface area contributed by atoms with E-state index in [1.54, 1.807) is 0 Å². The van der Waals surface area contributed by atoms with Crippen molar-refractivity contribution < 1.29 is 27.7 Å². The largest absolute Gasteiger partial charge is 0.416 e. The minimum absolute atomic E-state index is 0.00978. The average Bonchev–Trinajstić information content (AvgIpc) is 2.65. The number of nitro benzene ring substituents is 1. The van der Waals surface area contributed by atoms with E-state index >= 15 is 0 Å². The normalized spacial score (nSPS) is 11.7. The van der Waals surface area contributed by atoms with Crippen LogP contribution in [0.25, 0.3) is 0 Å². The number of carbonyl (C=O) groups is 2. The molecule has 0 heterocycles. The highest BCUT2D eigenvalue weighted by molar-refractivity contribution is 6.33. The SMILES string of the molecule is C/C(CC(=O)Nc1cccc(C(F)(F)F)c1)=N/NC(=O)c1ccc([N+](=O)[O-])c(Cl)c1.